The molecule has 0 radical (unpaired) electrons. The van der Waals surface area contributed by atoms with Crippen LogP contribution < -0.4 is 15.7 Å². The van der Waals surface area contributed by atoms with Gasteiger partial charge in [-0.1, -0.05) is 91.0 Å². The number of benzene rings is 4. The first-order valence-electron chi connectivity index (χ1n) is 12.4. The number of fused-ring (bicyclic) bond motifs is 3. The third-order valence-electron chi connectivity index (χ3n) is 6.78. The molecule has 0 bridgehead atoms. The fourth-order valence-corrected chi connectivity index (χ4v) is 8.32. The molecule has 1 aromatic heterocycles. The molecule has 184 valence electrons. The highest BCUT2D eigenvalue weighted by atomic mass is 32.1. The second kappa shape index (κ2) is 10.4. The van der Waals surface area contributed by atoms with Crippen molar-refractivity contribution in [3.63, 3.8) is 0 Å². The number of thiophene rings is 1. The van der Waals surface area contributed by atoms with E-state index >= 15 is 0 Å². The van der Waals surface area contributed by atoms with Crippen molar-refractivity contribution in [1.82, 2.24) is 5.09 Å². The number of nitrogens with zero attached hydrogens (tertiary/aromatic N) is 2. The molecule has 6 heteroatoms. The standard InChI is InChI=1S/C32H24N3OPS/c33-22-29(34-31-27-18-9-7-16-25(27)26-17-8-10-19-28(26)31)32(30-20-11-21-38-30)35-37(36,23-12-3-1-4-13-23)24-14-5-2-6-15-24/h1-21,29,32H,(H,35,36)/t29-,32+/m1/s1. The van der Waals surface area contributed by atoms with Crippen LogP contribution in [0.1, 0.15) is 22.0 Å². The van der Waals surface area contributed by atoms with Crippen molar-refractivity contribution in [1.29, 1.82) is 5.26 Å². The van der Waals surface area contributed by atoms with Crippen molar-refractivity contribution in [3.8, 4) is 17.2 Å². The minimum absolute atomic E-state index is 0.585. The maximum atomic E-state index is 14.9. The highest BCUT2D eigenvalue weighted by Gasteiger charge is 2.36. The maximum absolute atomic E-state index is 14.9. The molecule has 1 aliphatic carbocycles. The van der Waals surface area contributed by atoms with Crippen LogP contribution in [0.4, 0.5) is 0 Å². The quantitative estimate of drug-likeness (QED) is 0.234. The number of hydrogen-bond donors (Lipinski definition) is 1. The van der Waals surface area contributed by atoms with Crippen molar-refractivity contribution in [3.05, 3.63) is 143 Å². The average molecular weight is 530 g/mol. The lowest BCUT2D eigenvalue weighted by Crippen LogP contribution is -2.35. The number of nitriles is 1. The Labute approximate surface area is 226 Å². The Balaban J connectivity index is 1.49. The van der Waals surface area contributed by atoms with Crippen LogP contribution in [0.15, 0.2) is 132 Å². The molecule has 0 aliphatic heterocycles. The minimum atomic E-state index is -3.33. The predicted octanol–water partition coefficient (Wildman–Crippen LogP) is 6.72. The molecular weight excluding hydrogens is 505 g/mol. The van der Waals surface area contributed by atoms with Gasteiger partial charge in [0.15, 0.2) is 6.04 Å². The molecule has 38 heavy (non-hydrogen) atoms. The summed E-state index contributed by atoms with van der Waals surface area (Å²) in [6.45, 7) is 0. The van der Waals surface area contributed by atoms with Gasteiger partial charge in [-0.25, -0.2) is 5.09 Å². The van der Waals surface area contributed by atoms with Crippen molar-refractivity contribution in [2.75, 3.05) is 0 Å². The number of hydrogen-bond acceptors (Lipinski definition) is 4. The number of rotatable bonds is 7. The second-order valence-electron chi connectivity index (χ2n) is 9.05. The van der Waals surface area contributed by atoms with Crippen molar-refractivity contribution in [2.45, 2.75) is 12.1 Å². The van der Waals surface area contributed by atoms with E-state index in [0.29, 0.717) is 10.6 Å². The van der Waals surface area contributed by atoms with Crippen molar-refractivity contribution >= 4 is 35.0 Å². The van der Waals surface area contributed by atoms with Gasteiger partial charge < -0.3 is 0 Å². The maximum Gasteiger partial charge on any atom is 0.205 e. The van der Waals surface area contributed by atoms with E-state index in [1.54, 1.807) is 0 Å². The lowest BCUT2D eigenvalue weighted by molar-refractivity contribution is 0.548. The van der Waals surface area contributed by atoms with Crippen LogP contribution in [-0.4, -0.2) is 11.8 Å². The van der Waals surface area contributed by atoms with E-state index in [9.17, 15) is 9.83 Å². The van der Waals surface area contributed by atoms with Crippen LogP contribution in [0.3, 0.4) is 0 Å². The Hall–Kier alpha value is -4.07. The molecule has 0 saturated heterocycles. The molecule has 1 N–H and O–H groups in total. The second-order valence-corrected chi connectivity index (χ2v) is 12.5. The van der Waals surface area contributed by atoms with Crippen LogP contribution >= 0.6 is 18.6 Å². The van der Waals surface area contributed by atoms with Crippen LogP contribution in [0.5, 0.6) is 0 Å². The molecule has 0 amide bonds. The Morgan fingerprint density at radius 3 is 1.66 bits per heavy atom. The molecule has 0 unspecified atom stereocenters. The number of aliphatic imine (C=N–C) groups is 1. The van der Waals surface area contributed by atoms with Gasteiger partial charge in [-0.3, -0.25) is 9.56 Å². The Kier molecular flexibility index (Phi) is 6.62. The van der Waals surface area contributed by atoms with Crippen LogP contribution in [-0.2, 0) is 4.57 Å². The van der Waals surface area contributed by atoms with Gasteiger partial charge in [-0.15, -0.1) is 11.3 Å². The third-order valence-corrected chi connectivity index (χ3v) is 10.4. The van der Waals surface area contributed by atoms with Crippen LogP contribution in [0.2, 0.25) is 0 Å². The molecule has 0 saturated carbocycles. The molecule has 6 rings (SSSR count). The highest BCUT2D eigenvalue weighted by molar-refractivity contribution is 7.76. The van der Waals surface area contributed by atoms with Crippen LogP contribution in [0, 0.1) is 11.3 Å². The summed E-state index contributed by atoms with van der Waals surface area (Å²) < 4.78 is 14.9. The first kappa shape index (κ1) is 24.3. The summed E-state index contributed by atoms with van der Waals surface area (Å²) in [4.78, 5) is 5.99. The number of nitrogens with one attached hydrogen (secondary N) is 1. The first-order valence-corrected chi connectivity index (χ1v) is 15.0. The minimum Gasteiger partial charge on any atom is -0.297 e. The van der Waals surface area contributed by atoms with E-state index in [-0.39, 0.29) is 0 Å². The van der Waals surface area contributed by atoms with Gasteiger partial charge in [0.1, 0.15) is 0 Å². The monoisotopic (exact) mass is 529 g/mol. The fourth-order valence-electron chi connectivity index (χ4n) is 4.98. The largest absolute Gasteiger partial charge is 0.297 e. The smallest absolute Gasteiger partial charge is 0.205 e. The highest BCUT2D eigenvalue weighted by Crippen LogP contribution is 2.44. The van der Waals surface area contributed by atoms with Gasteiger partial charge in [-0.2, -0.15) is 5.26 Å². The van der Waals surface area contributed by atoms with E-state index in [1.807, 2.05) is 102 Å². The van der Waals surface area contributed by atoms with Crippen LogP contribution in [0.25, 0.3) is 11.1 Å². The molecule has 1 aliphatic rings. The lowest BCUT2D eigenvalue weighted by atomic mass is 10.1. The summed E-state index contributed by atoms with van der Waals surface area (Å²) in [5.41, 5.74) is 5.03. The molecule has 0 fully saturated rings. The van der Waals surface area contributed by atoms with E-state index in [0.717, 1.165) is 32.8 Å². The lowest BCUT2D eigenvalue weighted by Gasteiger charge is -2.28. The van der Waals surface area contributed by atoms with E-state index in [1.165, 1.54) is 11.3 Å². The SMILES string of the molecule is N#C[C@@H](N=C1c2ccccc2-c2ccccc21)[C@H](NP(=O)(c1ccccc1)c1ccccc1)c1cccs1. The summed E-state index contributed by atoms with van der Waals surface area (Å²) in [5, 5.41) is 17.3. The molecule has 4 nitrogen and oxygen atoms in total. The Morgan fingerprint density at radius 2 is 1.18 bits per heavy atom. The zero-order chi connectivity index (χ0) is 26.0. The molecular formula is C32H24N3OPS. The van der Waals surface area contributed by atoms with Gasteiger partial charge >= 0.3 is 0 Å². The van der Waals surface area contributed by atoms with Crippen molar-refractivity contribution < 1.29 is 4.57 Å². The topological polar surface area (TPSA) is 65.2 Å². The fraction of sp³-hybridized carbons (Fsp3) is 0.0625. The third kappa shape index (κ3) is 4.34. The van der Waals surface area contributed by atoms with Gasteiger partial charge in [0.05, 0.1) is 17.8 Å². The molecule has 4 aromatic carbocycles. The van der Waals surface area contributed by atoms with Gasteiger partial charge in [0, 0.05) is 26.6 Å². The molecule has 0 spiro atoms. The summed E-state index contributed by atoms with van der Waals surface area (Å²) in [7, 11) is -3.33. The molecule has 2 atom stereocenters. The zero-order valence-electron chi connectivity index (χ0n) is 20.4. The first-order chi connectivity index (χ1) is 18.7. The van der Waals surface area contributed by atoms with Gasteiger partial charge in [-0.05, 0) is 46.8 Å². The van der Waals surface area contributed by atoms with Gasteiger partial charge in [0.25, 0.3) is 0 Å². The van der Waals surface area contributed by atoms with Crippen molar-refractivity contribution in [2.24, 2.45) is 4.99 Å². The summed E-state index contributed by atoms with van der Waals surface area (Å²) in [6, 6.07) is 40.2. The Morgan fingerprint density at radius 1 is 0.684 bits per heavy atom. The Bertz CT molecular complexity index is 1600. The molecule has 5 aromatic rings. The summed E-state index contributed by atoms with van der Waals surface area (Å²) in [5.74, 6) is 0. The average Bonchev–Trinajstić information content (AvgIpc) is 3.63. The van der Waals surface area contributed by atoms with Gasteiger partial charge in [0.2, 0.25) is 7.29 Å². The van der Waals surface area contributed by atoms with E-state index < -0.39 is 19.4 Å². The summed E-state index contributed by atoms with van der Waals surface area (Å²) in [6.07, 6.45) is 0. The zero-order valence-corrected chi connectivity index (χ0v) is 22.1. The normalized spacial score (nSPS) is 13.7. The molecule has 1 heterocycles. The predicted molar refractivity (Wildman–Crippen MR) is 157 cm³/mol. The van der Waals surface area contributed by atoms with E-state index in [2.05, 4.69) is 35.4 Å². The summed E-state index contributed by atoms with van der Waals surface area (Å²) >= 11 is 1.53. The van der Waals surface area contributed by atoms with E-state index in [4.69, 9.17) is 4.99 Å².